The van der Waals surface area contributed by atoms with Crippen molar-refractivity contribution in [1.82, 2.24) is 0 Å². The van der Waals surface area contributed by atoms with Crippen LogP contribution < -0.4 is 0 Å². The molecule has 4 fully saturated rings. The fourth-order valence-corrected chi connectivity index (χ4v) is 7.93. The largest absolute Gasteiger partial charge is 0.393 e. The molecule has 0 saturated heterocycles. The van der Waals surface area contributed by atoms with E-state index in [9.17, 15) is 13.9 Å². The lowest BCUT2D eigenvalue weighted by Crippen LogP contribution is -2.58. The van der Waals surface area contributed by atoms with Crippen LogP contribution >= 0.6 is 0 Å². The molecule has 0 aliphatic heterocycles. The molecule has 4 rings (SSSR count). The minimum Gasteiger partial charge on any atom is -0.393 e. The number of alkyl halides is 2. The second kappa shape index (κ2) is 5.66. The van der Waals surface area contributed by atoms with Crippen LogP contribution in [0.15, 0.2) is 0 Å². The predicted molar refractivity (Wildman–Crippen MR) is 96.4 cm³/mol. The maximum atomic E-state index is 14.2. The second-order valence-corrected chi connectivity index (χ2v) is 10.8. The van der Waals surface area contributed by atoms with Gasteiger partial charge in [-0.2, -0.15) is 0 Å². The van der Waals surface area contributed by atoms with E-state index in [-0.39, 0.29) is 35.7 Å². The summed E-state index contributed by atoms with van der Waals surface area (Å²) in [7, 11) is 0. The van der Waals surface area contributed by atoms with Crippen LogP contribution in [0, 0.1) is 46.3 Å². The molecule has 3 heteroatoms. The Morgan fingerprint density at radius 1 is 0.920 bits per heavy atom. The summed E-state index contributed by atoms with van der Waals surface area (Å²) in [5, 5.41) is 10.7. The highest BCUT2D eigenvalue weighted by molar-refractivity contribution is 5.12. The first-order valence-corrected chi connectivity index (χ1v) is 10.6. The number of fused-ring (bicyclic) bond motifs is 5. The van der Waals surface area contributed by atoms with Crippen LogP contribution in [-0.4, -0.2) is 17.1 Å². The molecule has 0 heterocycles. The maximum absolute atomic E-state index is 14.2. The third-order valence-corrected chi connectivity index (χ3v) is 9.54. The summed E-state index contributed by atoms with van der Waals surface area (Å²) in [6.45, 7) is 9.24. The number of hydrogen-bond acceptors (Lipinski definition) is 1. The Morgan fingerprint density at radius 3 is 2.28 bits per heavy atom. The molecule has 0 spiro atoms. The highest BCUT2D eigenvalue weighted by atomic mass is 19.3. The lowest BCUT2D eigenvalue weighted by atomic mass is 9.42. The van der Waals surface area contributed by atoms with E-state index in [1.807, 2.05) is 0 Å². The van der Waals surface area contributed by atoms with Gasteiger partial charge in [0.1, 0.15) is 0 Å². The van der Waals surface area contributed by atoms with Gasteiger partial charge in [0, 0.05) is 12.8 Å². The lowest BCUT2D eigenvalue weighted by molar-refractivity contribution is -0.189. The Kier molecular flexibility index (Phi) is 4.12. The average molecular weight is 355 g/mol. The molecule has 0 aromatic rings. The maximum Gasteiger partial charge on any atom is 0.248 e. The molecule has 0 aromatic heterocycles. The Labute approximate surface area is 152 Å². The Hall–Kier alpha value is -0.180. The van der Waals surface area contributed by atoms with Crippen LogP contribution in [0.3, 0.4) is 0 Å². The monoisotopic (exact) mass is 354 g/mol. The van der Waals surface area contributed by atoms with Crippen molar-refractivity contribution in [2.75, 3.05) is 0 Å². The van der Waals surface area contributed by atoms with E-state index in [1.165, 1.54) is 0 Å². The summed E-state index contributed by atoms with van der Waals surface area (Å²) in [6.07, 6.45) is 6.01. The third kappa shape index (κ3) is 2.54. The molecular weight excluding hydrogens is 318 g/mol. The SMILES string of the molecule is CC(C)[C@@H]1CC2CC(F)(F)CC[C@]2(C)C2CC[C@@]3(C)C(CC[C@@H]3O)[C@@H]21. The summed E-state index contributed by atoms with van der Waals surface area (Å²) < 4.78 is 28.4. The van der Waals surface area contributed by atoms with Crippen molar-refractivity contribution in [2.24, 2.45) is 46.3 Å². The molecule has 0 bridgehead atoms. The Bertz CT molecular complexity index is 532. The van der Waals surface area contributed by atoms with Gasteiger partial charge < -0.3 is 5.11 Å². The van der Waals surface area contributed by atoms with Crippen molar-refractivity contribution < 1.29 is 13.9 Å². The van der Waals surface area contributed by atoms with Gasteiger partial charge in [0.25, 0.3) is 0 Å². The first-order valence-electron chi connectivity index (χ1n) is 10.6. The first-order chi connectivity index (χ1) is 11.6. The summed E-state index contributed by atoms with van der Waals surface area (Å²) in [6, 6.07) is 0. The van der Waals surface area contributed by atoms with Crippen LogP contribution in [0.1, 0.15) is 79.1 Å². The van der Waals surface area contributed by atoms with Crippen molar-refractivity contribution in [3.05, 3.63) is 0 Å². The molecular formula is C22H36F2O. The normalized spacial score (nSPS) is 54.7. The zero-order chi connectivity index (χ0) is 18.2. The molecule has 1 N–H and O–H groups in total. The van der Waals surface area contributed by atoms with Gasteiger partial charge in [0.05, 0.1) is 6.10 Å². The van der Waals surface area contributed by atoms with Crippen molar-refractivity contribution >= 4 is 0 Å². The zero-order valence-electron chi connectivity index (χ0n) is 16.4. The van der Waals surface area contributed by atoms with Gasteiger partial charge in [-0.3, -0.25) is 0 Å². The van der Waals surface area contributed by atoms with Crippen LogP contribution in [0.5, 0.6) is 0 Å². The zero-order valence-corrected chi connectivity index (χ0v) is 16.4. The third-order valence-electron chi connectivity index (χ3n) is 9.54. The summed E-state index contributed by atoms with van der Waals surface area (Å²) in [5.41, 5.74) is 0.155. The summed E-state index contributed by atoms with van der Waals surface area (Å²) >= 11 is 0. The van der Waals surface area contributed by atoms with Crippen molar-refractivity contribution in [3.8, 4) is 0 Å². The van der Waals surface area contributed by atoms with Crippen molar-refractivity contribution in [2.45, 2.75) is 91.1 Å². The number of halogens is 2. The highest BCUT2D eigenvalue weighted by Gasteiger charge is 2.64. The van der Waals surface area contributed by atoms with Crippen molar-refractivity contribution in [1.29, 1.82) is 0 Å². The molecule has 4 aliphatic rings. The molecule has 0 radical (unpaired) electrons. The van der Waals surface area contributed by atoms with Crippen LogP contribution in [0.2, 0.25) is 0 Å². The van der Waals surface area contributed by atoms with Gasteiger partial charge in [0.15, 0.2) is 0 Å². The van der Waals surface area contributed by atoms with E-state index < -0.39 is 5.92 Å². The standard InChI is InChI=1S/C22H36F2O/c1-13(2)15-11-14-12-22(23,24)10-9-20(14,3)17-7-8-21(4)16(19(15)17)5-6-18(21)25/h13-19,25H,5-12H2,1-4H3/t14?,15-,16?,17?,18-,19-,20-,21-/m0/s1. The van der Waals surface area contributed by atoms with Crippen LogP contribution in [-0.2, 0) is 0 Å². The topological polar surface area (TPSA) is 20.2 Å². The number of rotatable bonds is 1. The number of hydrogen-bond donors (Lipinski definition) is 1. The molecule has 0 aromatic carbocycles. The molecule has 144 valence electrons. The predicted octanol–water partition coefficient (Wildman–Crippen LogP) is 5.91. The van der Waals surface area contributed by atoms with Gasteiger partial charge in [-0.05, 0) is 84.9 Å². The molecule has 0 amide bonds. The minimum atomic E-state index is -2.45. The molecule has 4 aliphatic carbocycles. The molecule has 8 atom stereocenters. The number of aliphatic hydroxyl groups excluding tert-OH is 1. The van der Waals surface area contributed by atoms with Gasteiger partial charge in [0.2, 0.25) is 5.92 Å². The molecule has 3 unspecified atom stereocenters. The van der Waals surface area contributed by atoms with E-state index >= 15 is 0 Å². The quantitative estimate of drug-likeness (QED) is 0.621. The fourth-order valence-electron chi connectivity index (χ4n) is 7.93. The van der Waals surface area contributed by atoms with Gasteiger partial charge in [-0.1, -0.05) is 27.7 Å². The van der Waals surface area contributed by atoms with Gasteiger partial charge in [-0.25, -0.2) is 8.78 Å². The highest BCUT2D eigenvalue weighted by Crippen LogP contribution is 2.69. The molecule has 4 saturated carbocycles. The van der Waals surface area contributed by atoms with Gasteiger partial charge >= 0.3 is 0 Å². The van der Waals surface area contributed by atoms with Gasteiger partial charge in [-0.15, -0.1) is 0 Å². The van der Waals surface area contributed by atoms with E-state index in [4.69, 9.17) is 0 Å². The van der Waals surface area contributed by atoms with E-state index in [2.05, 4.69) is 27.7 Å². The van der Waals surface area contributed by atoms with E-state index in [0.29, 0.717) is 36.0 Å². The minimum absolute atomic E-state index is 0.0656. The van der Waals surface area contributed by atoms with Crippen LogP contribution in [0.4, 0.5) is 8.78 Å². The second-order valence-electron chi connectivity index (χ2n) is 10.8. The summed E-state index contributed by atoms with van der Waals surface area (Å²) in [5.74, 6) is 0.627. The first kappa shape index (κ1) is 18.2. The fraction of sp³-hybridized carbons (Fsp3) is 1.00. The Balaban J connectivity index is 1.72. The van der Waals surface area contributed by atoms with E-state index in [0.717, 1.165) is 32.1 Å². The lowest BCUT2D eigenvalue weighted by Gasteiger charge is -2.63. The smallest absolute Gasteiger partial charge is 0.248 e. The van der Waals surface area contributed by atoms with Crippen LogP contribution in [0.25, 0.3) is 0 Å². The molecule has 1 nitrogen and oxygen atoms in total. The van der Waals surface area contributed by atoms with E-state index in [1.54, 1.807) is 0 Å². The number of aliphatic hydroxyl groups is 1. The summed E-state index contributed by atoms with van der Waals surface area (Å²) in [4.78, 5) is 0. The average Bonchev–Trinajstić information content (AvgIpc) is 2.83. The van der Waals surface area contributed by atoms with Crippen molar-refractivity contribution in [3.63, 3.8) is 0 Å². The Morgan fingerprint density at radius 2 is 1.60 bits per heavy atom. The molecule has 25 heavy (non-hydrogen) atoms.